The van der Waals surface area contributed by atoms with Gasteiger partial charge >= 0.3 is 5.97 Å². The van der Waals surface area contributed by atoms with Gasteiger partial charge in [-0.1, -0.05) is 25.1 Å². The smallest absolute Gasteiger partial charge is 0.338 e. The van der Waals surface area contributed by atoms with Crippen LogP contribution in [-0.4, -0.2) is 16.1 Å². The minimum atomic E-state index is -1.25. The normalized spacial score (nSPS) is 10.4. The molecule has 0 spiro atoms. The van der Waals surface area contributed by atoms with Crippen molar-refractivity contribution in [3.05, 3.63) is 64.7 Å². The Morgan fingerprint density at radius 1 is 1.32 bits per heavy atom. The largest absolute Gasteiger partial charge is 0.478 e. The molecule has 0 aliphatic heterocycles. The molecular weight excluding hydrogens is 245 g/mol. The number of pyridine rings is 1. The van der Waals surface area contributed by atoms with E-state index in [0.717, 1.165) is 23.7 Å². The summed E-state index contributed by atoms with van der Waals surface area (Å²) in [5, 5.41) is 9.05. The fraction of sp³-hybridized carbons (Fsp3) is 0.200. The van der Waals surface area contributed by atoms with Gasteiger partial charge in [-0.3, -0.25) is 4.98 Å². The number of benzene rings is 1. The summed E-state index contributed by atoms with van der Waals surface area (Å²) in [5.41, 5.74) is 2.00. The lowest BCUT2D eigenvalue weighted by Gasteiger charge is -2.07. The van der Waals surface area contributed by atoms with Gasteiger partial charge in [0, 0.05) is 18.3 Å². The summed E-state index contributed by atoms with van der Waals surface area (Å²) in [7, 11) is 0. The number of aromatic nitrogens is 1. The maximum absolute atomic E-state index is 13.5. The van der Waals surface area contributed by atoms with Crippen LogP contribution in [0, 0.1) is 5.82 Å². The van der Waals surface area contributed by atoms with Gasteiger partial charge in [-0.2, -0.15) is 0 Å². The number of carbonyl (C=O) groups is 1. The molecule has 1 aromatic carbocycles. The summed E-state index contributed by atoms with van der Waals surface area (Å²) in [4.78, 5) is 15.3. The Labute approximate surface area is 110 Å². The van der Waals surface area contributed by atoms with Crippen molar-refractivity contribution in [1.82, 2.24) is 4.98 Å². The van der Waals surface area contributed by atoms with Crippen LogP contribution in [-0.2, 0) is 12.8 Å². The van der Waals surface area contributed by atoms with Crippen LogP contribution < -0.4 is 0 Å². The highest BCUT2D eigenvalue weighted by Crippen LogP contribution is 2.17. The first-order valence-electron chi connectivity index (χ1n) is 6.06. The second kappa shape index (κ2) is 5.61. The summed E-state index contributed by atoms with van der Waals surface area (Å²) < 4.78 is 13.5. The van der Waals surface area contributed by atoms with Crippen LogP contribution in [0.4, 0.5) is 4.39 Å². The summed E-state index contributed by atoms with van der Waals surface area (Å²) in [5.74, 6) is -1.96. The number of aryl methyl sites for hydroxylation is 1. The van der Waals surface area contributed by atoms with Crippen molar-refractivity contribution >= 4 is 5.97 Å². The van der Waals surface area contributed by atoms with Crippen molar-refractivity contribution in [2.45, 2.75) is 19.8 Å². The van der Waals surface area contributed by atoms with Crippen LogP contribution in [0.25, 0.3) is 0 Å². The van der Waals surface area contributed by atoms with E-state index in [1.54, 1.807) is 12.3 Å². The molecule has 0 saturated heterocycles. The quantitative estimate of drug-likeness (QED) is 0.918. The van der Waals surface area contributed by atoms with E-state index < -0.39 is 11.8 Å². The van der Waals surface area contributed by atoms with Crippen molar-refractivity contribution in [1.29, 1.82) is 0 Å². The predicted molar refractivity (Wildman–Crippen MR) is 69.8 cm³/mol. The molecule has 0 unspecified atom stereocenters. The number of rotatable bonds is 4. The molecule has 3 nitrogen and oxygen atoms in total. The SMILES string of the molecule is CCc1ccc(Cc2cccc(F)c2C(=O)O)nc1. The second-order valence-corrected chi connectivity index (χ2v) is 4.27. The van der Waals surface area contributed by atoms with Gasteiger partial charge in [0.05, 0.1) is 5.56 Å². The number of hydrogen-bond donors (Lipinski definition) is 1. The van der Waals surface area contributed by atoms with Crippen LogP contribution in [0.2, 0.25) is 0 Å². The zero-order valence-corrected chi connectivity index (χ0v) is 10.6. The average Bonchev–Trinajstić information content (AvgIpc) is 2.39. The highest BCUT2D eigenvalue weighted by Gasteiger charge is 2.15. The van der Waals surface area contributed by atoms with Gasteiger partial charge < -0.3 is 5.11 Å². The summed E-state index contributed by atoms with van der Waals surface area (Å²) >= 11 is 0. The van der Waals surface area contributed by atoms with E-state index in [0.29, 0.717) is 12.0 Å². The lowest BCUT2D eigenvalue weighted by atomic mass is 10.0. The molecule has 0 aliphatic rings. The predicted octanol–water partition coefficient (Wildman–Crippen LogP) is 3.07. The van der Waals surface area contributed by atoms with E-state index in [4.69, 9.17) is 5.11 Å². The Kier molecular flexibility index (Phi) is 3.90. The van der Waals surface area contributed by atoms with Crippen LogP contribution in [0.1, 0.15) is 34.1 Å². The Bertz CT molecular complexity index is 594. The third-order valence-corrected chi connectivity index (χ3v) is 2.98. The van der Waals surface area contributed by atoms with E-state index in [-0.39, 0.29) is 5.56 Å². The average molecular weight is 259 g/mol. The van der Waals surface area contributed by atoms with Crippen LogP contribution in [0.3, 0.4) is 0 Å². The second-order valence-electron chi connectivity index (χ2n) is 4.27. The Morgan fingerprint density at radius 3 is 2.68 bits per heavy atom. The fourth-order valence-corrected chi connectivity index (χ4v) is 1.92. The van der Waals surface area contributed by atoms with Gasteiger partial charge in [0.1, 0.15) is 5.82 Å². The van der Waals surface area contributed by atoms with Gasteiger partial charge in [-0.05, 0) is 29.7 Å². The summed E-state index contributed by atoms with van der Waals surface area (Å²) in [6, 6.07) is 8.07. The molecule has 4 heteroatoms. The van der Waals surface area contributed by atoms with Gasteiger partial charge in [0.2, 0.25) is 0 Å². The number of hydrogen-bond acceptors (Lipinski definition) is 2. The lowest BCUT2D eigenvalue weighted by molar-refractivity contribution is 0.0691. The minimum Gasteiger partial charge on any atom is -0.478 e. The molecule has 1 heterocycles. The first-order chi connectivity index (χ1) is 9.11. The summed E-state index contributed by atoms with van der Waals surface area (Å²) in [6.07, 6.45) is 2.96. The van der Waals surface area contributed by atoms with Crippen molar-refractivity contribution in [3.63, 3.8) is 0 Å². The van der Waals surface area contributed by atoms with Gasteiger partial charge in [0.15, 0.2) is 0 Å². The topological polar surface area (TPSA) is 50.2 Å². The van der Waals surface area contributed by atoms with E-state index in [1.807, 2.05) is 19.1 Å². The molecule has 2 rings (SSSR count). The van der Waals surface area contributed by atoms with Crippen molar-refractivity contribution in [2.24, 2.45) is 0 Å². The van der Waals surface area contributed by atoms with E-state index in [2.05, 4.69) is 4.98 Å². The van der Waals surface area contributed by atoms with Gasteiger partial charge in [-0.25, -0.2) is 9.18 Å². The van der Waals surface area contributed by atoms with Crippen LogP contribution >= 0.6 is 0 Å². The summed E-state index contributed by atoms with van der Waals surface area (Å²) in [6.45, 7) is 2.03. The zero-order chi connectivity index (χ0) is 13.8. The third-order valence-electron chi connectivity index (χ3n) is 2.98. The maximum atomic E-state index is 13.5. The molecule has 1 N–H and O–H groups in total. The molecule has 0 radical (unpaired) electrons. The van der Waals surface area contributed by atoms with E-state index in [9.17, 15) is 9.18 Å². The Balaban J connectivity index is 2.32. The number of aromatic carboxylic acids is 1. The highest BCUT2D eigenvalue weighted by molar-refractivity contribution is 5.89. The molecule has 0 saturated carbocycles. The highest BCUT2D eigenvalue weighted by atomic mass is 19.1. The standard InChI is InChI=1S/C15H14FNO2/c1-2-10-6-7-12(17-9-10)8-11-4-3-5-13(16)14(11)15(18)19/h3-7,9H,2,8H2,1H3,(H,18,19). The monoisotopic (exact) mass is 259 g/mol. The molecule has 2 aromatic rings. The molecule has 0 fully saturated rings. The fourth-order valence-electron chi connectivity index (χ4n) is 1.92. The molecule has 98 valence electrons. The van der Waals surface area contributed by atoms with Gasteiger partial charge in [0.25, 0.3) is 0 Å². The number of halogens is 1. The van der Waals surface area contributed by atoms with Crippen molar-refractivity contribution < 1.29 is 14.3 Å². The number of carboxylic acid groups (broad SMARTS) is 1. The maximum Gasteiger partial charge on any atom is 0.338 e. The molecule has 0 amide bonds. The number of nitrogens with zero attached hydrogens (tertiary/aromatic N) is 1. The minimum absolute atomic E-state index is 0.274. The molecule has 0 bridgehead atoms. The first kappa shape index (κ1) is 13.2. The Morgan fingerprint density at radius 2 is 2.11 bits per heavy atom. The van der Waals surface area contributed by atoms with Crippen molar-refractivity contribution in [2.75, 3.05) is 0 Å². The molecule has 1 aromatic heterocycles. The van der Waals surface area contributed by atoms with Gasteiger partial charge in [-0.15, -0.1) is 0 Å². The van der Waals surface area contributed by atoms with Crippen LogP contribution in [0.15, 0.2) is 36.5 Å². The molecular formula is C15H14FNO2. The molecule has 0 aliphatic carbocycles. The first-order valence-corrected chi connectivity index (χ1v) is 6.06. The Hall–Kier alpha value is -2.23. The molecule has 0 atom stereocenters. The van der Waals surface area contributed by atoms with E-state index in [1.165, 1.54) is 6.07 Å². The third kappa shape index (κ3) is 2.96. The lowest BCUT2D eigenvalue weighted by Crippen LogP contribution is -2.07. The zero-order valence-electron chi connectivity index (χ0n) is 10.6. The van der Waals surface area contributed by atoms with Crippen LogP contribution in [0.5, 0.6) is 0 Å². The van der Waals surface area contributed by atoms with Crippen molar-refractivity contribution in [3.8, 4) is 0 Å². The number of carboxylic acids is 1. The molecule has 19 heavy (non-hydrogen) atoms. The van der Waals surface area contributed by atoms with E-state index >= 15 is 0 Å².